The van der Waals surface area contributed by atoms with Crippen LogP contribution < -0.4 is 20.7 Å². The SMILES string of the molecule is Cc1c(/C=C2/C(=O)NC(=O)N(c3cccc(C(F)(F)F)c3)C2=O)c(=O)oc2c3c4c(cc12)CCCN4CCC3. The zero-order valence-electron chi connectivity index (χ0n) is 20.8. The molecule has 4 heterocycles. The summed E-state index contributed by atoms with van der Waals surface area (Å²) in [6.07, 6.45) is -0.112. The number of urea groups is 1. The molecule has 200 valence electrons. The lowest BCUT2D eigenvalue weighted by atomic mass is 9.88. The second-order valence-electron chi connectivity index (χ2n) is 9.87. The molecule has 0 aliphatic carbocycles. The molecular weight excluding hydrogens is 515 g/mol. The summed E-state index contributed by atoms with van der Waals surface area (Å²) in [5, 5.41) is 2.66. The third-order valence-electron chi connectivity index (χ3n) is 7.52. The number of hydrogen-bond acceptors (Lipinski definition) is 6. The molecule has 3 aliphatic rings. The van der Waals surface area contributed by atoms with Gasteiger partial charge in [-0.2, -0.15) is 13.2 Å². The van der Waals surface area contributed by atoms with Gasteiger partial charge in [-0.25, -0.2) is 14.5 Å². The third-order valence-corrected chi connectivity index (χ3v) is 7.52. The van der Waals surface area contributed by atoms with Crippen LogP contribution in [-0.4, -0.2) is 30.9 Å². The molecule has 1 saturated heterocycles. The predicted molar refractivity (Wildman–Crippen MR) is 137 cm³/mol. The summed E-state index contributed by atoms with van der Waals surface area (Å²) in [6.45, 7) is 3.57. The Bertz CT molecular complexity index is 1690. The van der Waals surface area contributed by atoms with E-state index in [1.807, 2.05) is 11.4 Å². The summed E-state index contributed by atoms with van der Waals surface area (Å²) in [6, 6.07) is 4.42. The zero-order valence-corrected chi connectivity index (χ0v) is 20.8. The lowest BCUT2D eigenvalue weighted by Gasteiger charge is -2.37. The number of barbiturate groups is 1. The number of nitrogens with zero attached hydrogens (tertiary/aromatic N) is 2. The van der Waals surface area contributed by atoms with Gasteiger partial charge in [0.25, 0.3) is 11.8 Å². The van der Waals surface area contributed by atoms with Crippen LogP contribution in [-0.2, 0) is 28.6 Å². The highest BCUT2D eigenvalue weighted by Crippen LogP contribution is 2.41. The van der Waals surface area contributed by atoms with E-state index in [9.17, 15) is 32.3 Å². The fourth-order valence-electron chi connectivity index (χ4n) is 5.70. The summed E-state index contributed by atoms with van der Waals surface area (Å²) >= 11 is 0. The maximum Gasteiger partial charge on any atom is 0.416 e. The fourth-order valence-corrected chi connectivity index (χ4v) is 5.70. The minimum Gasteiger partial charge on any atom is -0.422 e. The van der Waals surface area contributed by atoms with Crippen molar-refractivity contribution in [1.29, 1.82) is 0 Å². The molecule has 0 saturated carbocycles. The minimum atomic E-state index is -4.71. The molecule has 1 fully saturated rings. The standard InChI is InChI=1S/C28H22F3N3O5/c1-14-19-11-15-5-3-9-33-10-4-8-18(22(15)33)23(19)39-26(37)20(14)13-21-24(35)32-27(38)34(25(21)36)17-7-2-6-16(12-17)28(29,30)31/h2,6-7,11-13H,3-5,8-10H2,1H3,(H,32,35,38)/b21-13-. The summed E-state index contributed by atoms with van der Waals surface area (Å²) < 4.78 is 45.5. The number of fused-ring (bicyclic) bond motifs is 2. The fraction of sp³-hybridized carbons (Fsp3) is 0.286. The first-order valence-corrected chi connectivity index (χ1v) is 12.5. The number of carbonyl (C=O) groups is 3. The van der Waals surface area contributed by atoms with Crippen LogP contribution in [0.2, 0.25) is 0 Å². The van der Waals surface area contributed by atoms with Gasteiger partial charge in [-0.15, -0.1) is 0 Å². The minimum absolute atomic E-state index is 0.0463. The van der Waals surface area contributed by atoms with Crippen molar-refractivity contribution in [1.82, 2.24) is 5.32 Å². The highest BCUT2D eigenvalue weighted by atomic mass is 19.4. The number of hydrogen-bond donors (Lipinski definition) is 1. The van der Waals surface area contributed by atoms with Gasteiger partial charge in [0.05, 0.1) is 16.8 Å². The molecule has 0 atom stereocenters. The monoisotopic (exact) mass is 537 g/mol. The molecular formula is C28H22F3N3O5. The van der Waals surface area contributed by atoms with E-state index in [4.69, 9.17) is 4.42 Å². The molecule has 2 aromatic carbocycles. The van der Waals surface area contributed by atoms with Crippen molar-refractivity contribution in [3.63, 3.8) is 0 Å². The van der Waals surface area contributed by atoms with E-state index in [1.54, 1.807) is 6.92 Å². The first kappa shape index (κ1) is 24.9. The van der Waals surface area contributed by atoms with Crippen LogP contribution >= 0.6 is 0 Å². The van der Waals surface area contributed by atoms with Crippen LogP contribution in [0.25, 0.3) is 17.0 Å². The van der Waals surface area contributed by atoms with E-state index < -0.39 is 40.8 Å². The Balaban J connectivity index is 1.47. The van der Waals surface area contributed by atoms with Crippen LogP contribution in [0.1, 0.15) is 40.7 Å². The topological polar surface area (TPSA) is 99.9 Å². The van der Waals surface area contributed by atoms with Crippen molar-refractivity contribution in [2.24, 2.45) is 0 Å². The summed E-state index contributed by atoms with van der Waals surface area (Å²) in [5.41, 5.74) is 1.38. The van der Waals surface area contributed by atoms with Crippen molar-refractivity contribution in [3.8, 4) is 0 Å². The maximum absolute atomic E-state index is 13.3. The molecule has 0 radical (unpaired) electrons. The van der Waals surface area contributed by atoms with Gasteiger partial charge in [0.2, 0.25) is 0 Å². The Hall–Kier alpha value is -4.41. The Labute approximate surface area is 219 Å². The lowest BCUT2D eigenvalue weighted by molar-refractivity contribution is -0.137. The summed E-state index contributed by atoms with van der Waals surface area (Å²) in [5.74, 6) is -2.22. The van der Waals surface area contributed by atoms with E-state index in [2.05, 4.69) is 4.90 Å². The number of rotatable bonds is 2. The first-order chi connectivity index (χ1) is 18.5. The molecule has 4 amide bonds. The molecule has 0 spiro atoms. The quantitative estimate of drug-likeness (QED) is 0.294. The maximum atomic E-state index is 13.3. The number of alkyl halides is 3. The predicted octanol–water partition coefficient (Wildman–Crippen LogP) is 4.49. The number of halogens is 3. The average molecular weight is 537 g/mol. The molecule has 6 rings (SSSR count). The molecule has 39 heavy (non-hydrogen) atoms. The highest BCUT2D eigenvalue weighted by molar-refractivity contribution is 6.39. The Morgan fingerprint density at radius 1 is 1.03 bits per heavy atom. The number of anilines is 2. The van der Waals surface area contributed by atoms with Gasteiger partial charge in [0, 0.05) is 29.7 Å². The van der Waals surface area contributed by atoms with Crippen LogP contribution in [0.3, 0.4) is 0 Å². The largest absolute Gasteiger partial charge is 0.422 e. The molecule has 3 aliphatic heterocycles. The number of amides is 4. The summed E-state index contributed by atoms with van der Waals surface area (Å²) in [7, 11) is 0. The van der Waals surface area contributed by atoms with Crippen LogP contribution in [0.15, 0.2) is 45.1 Å². The van der Waals surface area contributed by atoms with Crippen LogP contribution in [0.4, 0.5) is 29.3 Å². The van der Waals surface area contributed by atoms with E-state index >= 15 is 0 Å². The zero-order chi connectivity index (χ0) is 27.6. The first-order valence-electron chi connectivity index (χ1n) is 12.5. The number of imide groups is 2. The highest BCUT2D eigenvalue weighted by Gasteiger charge is 2.39. The van der Waals surface area contributed by atoms with Gasteiger partial charge in [-0.3, -0.25) is 14.9 Å². The number of carbonyl (C=O) groups excluding carboxylic acids is 3. The Morgan fingerprint density at radius 3 is 2.51 bits per heavy atom. The Kier molecular flexibility index (Phi) is 5.63. The third kappa shape index (κ3) is 4.00. The summed E-state index contributed by atoms with van der Waals surface area (Å²) in [4.78, 5) is 54.4. The smallest absolute Gasteiger partial charge is 0.416 e. The van der Waals surface area contributed by atoms with E-state index in [-0.39, 0.29) is 11.3 Å². The lowest BCUT2D eigenvalue weighted by Crippen LogP contribution is -2.54. The van der Waals surface area contributed by atoms with Crippen molar-refractivity contribution in [2.75, 3.05) is 22.9 Å². The number of benzene rings is 2. The molecule has 8 nitrogen and oxygen atoms in total. The Morgan fingerprint density at radius 2 is 1.77 bits per heavy atom. The van der Waals surface area contributed by atoms with E-state index in [0.717, 1.165) is 79.9 Å². The van der Waals surface area contributed by atoms with E-state index in [0.29, 0.717) is 27.5 Å². The van der Waals surface area contributed by atoms with Gasteiger partial charge in [-0.1, -0.05) is 6.07 Å². The van der Waals surface area contributed by atoms with Gasteiger partial charge in [0.15, 0.2) is 0 Å². The average Bonchev–Trinajstić information content (AvgIpc) is 2.89. The van der Waals surface area contributed by atoms with E-state index in [1.165, 1.54) is 0 Å². The molecule has 1 N–H and O–H groups in total. The molecule has 0 unspecified atom stereocenters. The van der Waals surface area contributed by atoms with Gasteiger partial charge < -0.3 is 9.32 Å². The number of aryl methyl sites for hydroxylation is 3. The second kappa shape index (κ2) is 8.82. The molecule has 3 aromatic rings. The number of nitrogens with one attached hydrogen (secondary N) is 1. The van der Waals surface area contributed by atoms with Gasteiger partial charge >= 0.3 is 17.8 Å². The van der Waals surface area contributed by atoms with Gasteiger partial charge in [-0.05, 0) is 74.1 Å². The molecule has 0 bridgehead atoms. The van der Waals surface area contributed by atoms with Crippen molar-refractivity contribution >= 4 is 46.3 Å². The molecule has 1 aromatic heterocycles. The second-order valence-corrected chi connectivity index (χ2v) is 9.87. The van der Waals surface area contributed by atoms with Crippen molar-refractivity contribution in [2.45, 2.75) is 38.8 Å². The van der Waals surface area contributed by atoms with Crippen LogP contribution in [0, 0.1) is 6.92 Å². The van der Waals surface area contributed by atoms with Crippen molar-refractivity contribution in [3.05, 3.63) is 74.1 Å². The molecule has 11 heteroatoms. The van der Waals surface area contributed by atoms with Gasteiger partial charge in [0.1, 0.15) is 11.2 Å². The normalized spacial score (nSPS) is 18.6. The van der Waals surface area contributed by atoms with Crippen LogP contribution in [0.5, 0.6) is 0 Å². The van der Waals surface area contributed by atoms with Crippen molar-refractivity contribution < 1.29 is 32.0 Å².